The Bertz CT molecular complexity index is 533. The summed E-state index contributed by atoms with van der Waals surface area (Å²) in [6.07, 6.45) is 0.394. The summed E-state index contributed by atoms with van der Waals surface area (Å²) in [4.78, 5) is 23.4. The van der Waals surface area contributed by atoms with Gasteiger partial charge in [-0.2, -0.15) is 0 Å². The second kappa shape index (κ2) is 7.35. The highest BCUT2D eigenvalue weighted by Crippen LogP contribution is 2.19. The number of aliphatic hydroxyl groups is 1. The van der Waals surface area contributed by atoms with Crippen LogP contribution in [0.4, 0.5) is 4.39 Å². The first-order chi connectivity index (χ1) is 10.5. The van der Waals surface area contributed by atoms with Gasteiger partial charge in [0.1, 0.15) is 5.82 Å². The first kappa shape index (κ1) is 16.4. The molecule has 1 aromatic carbocycles. The number of carbonyl (C=O) groups is 2. The van der Waals surface area contributed by atoms with Gasteiger partial charge in [-0.15, -0.1) is 0 Å². The van der Waals surface area contributed by atoms with Gasteiger partial charge in [0.25, 0.3) is 0 Å². The number of rotatable bonds is 5. The lowest BCUT2D eigenvalue weighted by Crippen LogP contribution is -2.44. The van der Waals surface area contributed by atoms with Crippen molar-refractivity contribution in [2.24, 2.45) is 5.92 Å². The maximum Gasteiger partial charge on any atom is 0.223 e. The number of hydrogen-bond acceptors (Lipinski definition) is 3. The van der Waals surface area contributed by atoms with Gasteiger partial charge >= 0.3 is 0 Å². The van der Waals surface area contributed by atoms with Crippen LogP contribution in [-0.4, -0.2) is 29.5 Å². The van der Waals surface area contributed by atoms with E-state index >= 15 is 0 Å². The average molecular weight is 308 g/mol. The molecule has 0 aliphatic carbocycles. The Morgan fingerprint density at radius 1 is 1.45 bits per heavy atom. The Hall–Kier alpha value is -1.95. The van der Waals surface area contributed by atoms with Gasteiger partial charge in [-0.25, -0.2) is 4.39 Å². The molecule has 6 heteroatoms. The lowest BCUT2D eigenvalue weighted by molar-refractivity contribution is -0.132. The summed E-state index contributed by atoms with van der Waals surface area (Å²) in [6.45, 7) is 2.32. The van der Waals surface area contributed by atoms with Crippen LogP contribution in [0.5, 0.6) is 0 Å². The molecule has 22 heavy (non-hydrogen) atoms. The van der Waals surface area contributed by atoms with E-state index in [0.717, 1.165) is 0 Å². The van der Waals surface area contributed by atoms with Crippen molar-refractivity contribution in [3.8, 4) is 0 Å². The minimum absolute atomic E-state index is 0.106. The molecular formula is C16H21FN2O3. The SMILES string of the molecule is CC(CC(O)c1ccc(F)cc1)NC(=O)C1CCNC(=O)C1. The zero-order chi connectivity index (χ0) is 16.1. The maximum atomic E-state index is 12.9. The Morgan fingerprint density at radius 3 is 2.77 bits per heavy atom. The van der Waals surface area contributed by atoms with Crippen molar-refractivity contribution >= 4 is 11.8 Å². The Balaban J connectivity index is 1.83. The van der Waals surface area contributed by atoms with E-state index in [4.69, 9.17) is 0 Å². The highest BCUT2D eigenvalue weighted by molar-refractivity contribution is 5.86. The van der Waals surface area contributed by atoms with Crippen LogP contribution in [0.3, 0.4) is 0 Å². The first-order valence-corrected chi connectivity index (χ1v) is 7.46. The van der Waals surface area contributed by atoms with E-state index in [1.165, 1.54) is 24.3 Å². The smallest absolute Gasteiger partial charge is 0.223 e. The quantitative estimate of drug-likeness (QED) is 0.767. The molecule has 1 fully saturated rings. The van der Waals surface area contributed by atoms with Crippen molar-refractivity contribution in [1.82, 2.24) is 10.6 Å². The molecular weight excluding hydrogens is 287 g/mol. The van der Waals surface area contributed by atoms with Crippen LogP contribution < -0.4 is 10.6 Å². The van der Waals surface area contributed by atoms with E-state index in [1.54, 1.807) is 6.92 Å². The third kappa shape index (κ3) is 4.53. The molecule has 0 spiro atoms. The molecule has 2 amide bonds. The van der Waals surface area contributed by atoms with Crippen LogP contribution in [0.2, 0.25) is 0 Å². The van der Waals surface area contributed by atoms with Gasteiger partial charge in [0, 0.05) is 24.9 Å². The summed E-state index contributed by atoms with van der Waals surface area (Å²) in [5, 5.41) is 15.6. The van der Waals surface area contributed by atoms with E-state index in [9.17, 15) is 19.1 Å². The normalized spacial score (nSPS) is 20.9. The number of aliphatic hydroxyl groups excluding tert-OH is 1. The zero-order valence-electron chi connectivity index (χ0n) is 12.5. The summed E-state index contributed by atoms with van der Waals surface area (Å²) >= 11 is 0. The molecule has 120 valence electrons. The number of hydrogen-bond donors (Lipinski definition) is 3. The fraction of sp³-hybridized carbons (Fsp3) is 0.500. The third-order valence-corrected chi connectivity index (χ3v) is 3.84. The number of carbonyl (C=O) groups excluding carboxylic acids is 2. The monoisotopic (exact) mass is 308 g/mol. The van der Waals surface area contributed by atoms with Crippen molar-refractivity contribution in [3.63, 3.8) is 0 Å². The maximum absolute atomic E-state index is 12.9. The lowest BCUT2D eigenvalue weighted by atomic mass is 9.95. The number of amides is 2. The molecule has 1 heterocycles. The molecule has 0 radical (unpaired) electrons. The number of halogens is 1. The summed E-state index contributed by atoms with van der Waals surface area (Å²) in [6, 6.07) is 5.41. The van der Waals surface area contributed by atoms with E-state index in [-0.39, 0.29) is 36.0 Å². The Kier molecular flexibility index (Phi) is 5.49. The molecule has 0 bridgehead atoms. The van der Waals surface area contributed by atoms with Crippen LogP contribution >= 0.6 is 0 Å². The predicted molar refractivity (Wildman–Crippen MR) is 79.3 cm³/mol. The van der Waals surface area contributed by atoms with Crippen LogP contribution in [-0.2, 0) is 9.59 Å². The van der Waals surface area contributed by atoms with Gasteiger partial charge in [-0.3, -0.25) is 9.59 Å². The second-order valence-corrected chi connectivity index (χ2v) is 5.75. The van der Waals surface area contributed by atoms with Crippen molar-refractivity contribution in [1.29, 1.82) is 0 Å². The summed E-state index contributed by atoms with van der Waals surface area (Å²) in [5.74, 6) is -0.925. The molecule has 1 aromatic rings. The molecule has 2 rings (SSSR count). The van der Waals surface area contributed by atoms with E-state index < -0.39 is 6.10 Å². The second-order valence-electron chi connectivity index (χ2n) is 5.75. The minimum atomic E-state index is -0.773. The van der Waals surface area contributed by atoms with E-state index in [0.29, 0.717) is 24.9 Å². The largest absolute Gasteiger partial charge is 0.388 e. The molecule has 3 atom stereocenters. The van der Waals surface area contributed by atoms with E-state index in [1.807, 2.05) is 0 Å². The summed E-state index contributed by atoms with van der Waals surface area (Å²) in [7, 11) is 0. The van der Waals surface area contributed by atoms with Gasteiger partial charge in [0.15, 0.2) is 0 Å². The lowest BCUT2D eigenvalue weighted by Gasteiger charge is -2.24. The minimum Gasteiger partial charge on any atom is -0.388 e. The fourth-order valence-corrected chi connectivity index (χ4v) is 2.58. The van der Waals surface area contributed by atoms with Crippen LogP contribution in [0.1, 0.15) is 37.9 Å². The van der Waals surface area contributed by atoms with Crippen molar-refractivity contribution in [2.45, 2.75) is 38.3 Å². The molecule has 1 aliphatic rings. The highest BCUT2D eigenvalue weighted by Gasteiger charge is 2.26. The molecule has 3 N–H and O–H groups in total. The molecule has 5 nitrogen and oxygen atoms in total. The highest BCUT2D eigenvalue weighted by atomic mass is 19.1. The van der Waals surface area contributed by atoms with Crippen LogP contribution in [0, 0.1) is 11.7 Å². The van der Waals surface area contributed by atoms with Gasteiger partial charge in [0.05, 0.1) is 6.10 Å². The summed E-state index contributed by atoms with van der Waals surface area (Å²) < 4.78 is 12.9. The molecule has 0 aromatic heterocycles. The average Bonchev–Trinajstić information content (AvgIpc) is 2.47. The molecule has 0 saturated carbocycles. The van der Waals surface area contributed by atoms with Gasteiger partial charge in [-0.1, -0.05) is 12.1 Å². The predicted octanol–water partition coefficient (Wildman–Crippen LogP) is 1.28. The van der Waals surface area contributed by atoms with Crippen LogP contribution in [0.15, 0.2) is 24.3 Å². The van der Waals surface area contributed by atoms with Crippen LogP contribution in [0.25, 0.3) is 0 Å². The first-order valence-electron chi connectivity index (χ1n) is 7.46. The third-order valence-electron chi connectivity index (χ3n) is 3.84. The van der Waals surface area contributed by atoms with E-state index in [2.05, 4.69) is 10.6 Å². The van der Waals surface area contributed by atoms with Crippen molar-refractivity contribution in [3.05, 3.63) is 35.6 Å². The molecule has 3 unspecified atom stereocenters. The summed E-state index contributed by atoms with van der Waals surface area (Å²) in [5.41, 5.74) is 0.611. The Labute approximate surface area is 128 Å². The number of piperidine rings is 1. The Morgan fingerprint density at radius 2 is 2.14 bits per heavy atom. The molecule has 1 aliphatic heterocycles. The standard InChI is InChI=1S/C16H21FN2O3/c1-10(8-14(20)11-2-4-13(17)5-3-11)19-16(22)12-6-7-18-15(21)9-12/h2-5,10,12,14,20H,6-9H2,1H3,(H,18,21)(H,19,22). The van der Waals surface area contributed by atoms with Crippen molar-refractivity contribution < 1.29 is 19.1 Å². The number of benzene rings is 1. The van der Waals surface area contributed by atoms with Gasteiger partial charge in [-0.05, 0) is 37.5 Å². The van der Waals surface area contributed by atoms with Gasteiger partial charge in [0.2, 0.25) is 11.8 Å². The topological polar surface area (TPSA) is 78.4 Å². The number of nitrogens with one attached hydrogen (secondary N) is 2. The zero-order valence-corrected chi connectivity index (χ0v) is 12.5. The van der Waals surface area contributed by atoms with Gasteiger partial charge < -0.3 is 15.7 Å². The molecule has 1 saturated heterocycles. The van der Waals surface area contributed by atoms with Crippen molar-refractivity contribution in [2.75, 3.05) is 6.54 Å². The fourth-order valence-electron chi connectivity index (χ4n) is 2.58.